The molecule has 0 spiro atoms. The van der Waals surface area contributed by atoms with E-state index >= 15 is 0 Å². The van der Waals surface area contributed by atoms with Gasteiger partial charge in [0.05, 0.1) is 25.5 Å². The smallest absolute Gasteiger partial charge is 0.350 e. The van der Waals surface area contributed by atoms with E-state index in [1.54, 1.807) is 6.92 Å². The zero-order chi connectivity index (χ0) is 11.4. The number of ether oxygens (including phenoxy) is 3. The van der Waals surface area contributed by atoms with E-state index in [9.17, 15) is 4.79 Å². The van der Waals surface area contributed by atoms with E-state index in [4.69, 9.17) is 19.0 Å². The number of oxime groups is 1. The molecule has 0 aromatic carbocycles. The van der Waals surface area contributed by atoms with Crippen LogP contribution in [0.4, 0.5) is 0 Å². The molecule has 2 aliphatic rings. The van der Waals surface area contributed by atoms with Crippen molar-refractivity contribution >= 4 is 11.7 Å². The normalized spacial score (nSPS) is 25.3. The van der Waals surface area contributed by atoms with E-state index in [-0.39, 0.29) is 12.3 Å². The quantitative estimate of drug-likeness (QED) is 0.655. The molecular formula is C10H15NO5. The minimum absolute atomic E-state index is 0.247. The number of esters is 1. The maximum Gasteiger partial charge on any atom is 0.350 e. The van der Waals surface area contributed by atoms with Gasteiger partial charge in [-0.25, -0.2) is 4.79 Å². The molecule has 2 heterocycles. The second-order valence-corrected chi connectivity index (χ2v) is 3.58. The van der Waals surface area contributed by atoms with Crippen LogP contribution in [0.15, 0.2) is 5.16 Å². The summed E-state index contributed by atoms with van der Waals surface area (Å²) in [6.45, 7) is 3.33. The molecule has 2 rings (SSSR count). The Kier molecular flexibility index (Phi) is 3.74. The van der Waals surface area contributed by atoms with Crippen molar-refractivity contribution in [1.29, 1.82) is 0 Å². The molecule has 0 N–H and O–H groups in total. The van der Waals surface area contributed by atoms with Crippen LogP contribution < -0.4 is 0 Å². The Hall–Kier alpha value is -1.14. The van der Waals surface area contributed by atoms with Crippen LogP contribution in [0, 0.1) is 0 Å². The molecule has 0 saturated carbocycles. The highest BCUT2D eigenvalue weighted by Crippen LogP contribution is 2.18. The highest BCUT2D eigenvalue weighted by molar-refractivity contribution is 5.91. The lowest BCUT2D eigenvalue weighted by molar-refractivity contribution is -0.154. The van der Waals surface area contributed by atoms with Gasteiger partial charge in [0.25, 0.3) is 0 Å². The molecule has 0 aliphatic carbocycles. The summed E-state index contributed by atoms with van der Waals surface area (Å²) in [5, 5.41) is 3.84. The van der Waals surface area contributed by atoms with Crippen molar-refractivity contribution in [3.8, 4) is 0 Å². The highest BCUT2D eigenvalue weighted by Gasteiger charge is 2.31. The molecule has 0 radical (unpaired) electrons. The first-order valence-corrected chi connectivity index (χ1v) is 5.41. The van der Waals surface area contributed by atoms with Crippen LogP contribution in [0.2, 0.25) is 0 Å². The minimum Gasteiger partial charge on any atom is -0.463 e. The summed E-state index contributed by atoms with van der Waals surface area (Å²) in [5.41, 5.74) is 0.782. The van der Waals surface area contributed by atoms with Gasteiger partial charge in [-0.15, -0.1) is 0 Å². The van der Waals surface area contributed by atoms with E-state index < -0.39 is 6.10 Å². The van der Waals surface area contributed by atoms with Gasteiger partial charge in [0.15, 0.2) is 6.29 Å². The lowest BCUT2D eigenvalue weighted by Gasteiger charge is -2.08. The van der Waals surface area contributed by atoms with Gasteiger partial charge in [-0.05, 0) is 6.92 Å². The van der Waals surface area contributed by atoms with Gasteiger partial charge in [0.1, 0.15) is 0 Å². The fourth-order valence-electron chi connectivity index (χ4n) is 1.63. The van der Waals surface area contributed by atoms with Gasteiger partial charge in [-0.1, -0.05) is 5.16 Å². The zero-order valence-electron chi connectivity index (χ0n) is 9.18. The SMILES string of the molecule is CCOC(=O)[C@@H]1CC(CC2OCCO2)=NO1. The summed E-state index contributed by atoms with van der Waals surface area (Å²) in [4.78, 5) is 16.3. The van der Waals surface area contributed by atoms with E-state index in [1.165, 1.54) is 0 Å². The number of carbonyl (C=O) groups excluding carboxylic acids is 1. The molecule has 90 valence electrons. The molecule has 0 unspecified atom stereocenters. The molecule has 6 nitrogen and oxygen atoms in total. The Morgan fingerprint density at radius 1 is 1.50 bits per heavy atom. The molecule has 1 atom stereocenters. The molecule has 1 saturated heterocycles. The van der Waals surface area contributed by atoms with Crippen LogP contribution in [0.1, 0.15) is 19.8 Å². The van der Waals surface area contributed by atoms with Crippen LogP contribution >= 0.6 is 0 Å². The van der Waals surface area contributed by atoms with Crippen molar-refractivity contribution in [2.24, 2.45) is 5.16 Å². The van der Waals surface area contributed by atoms with Crippen molar-refractivity contribution in [3.63, 3.8) is 0 Å². The van der Waals surface area contributed by atoms with Gasteiger partial charge in [-0.3, -0.25) is 0 Å². The number of hydrogen-bond acceptors (Lipinski definition) is 6. The number of rotatable bonds is 4. The number of nitrogens with zero attached hydrogens (tertiary/aromatic N) is 1. The Bertz CT molecular complexity index is 285. The van der Waals surface area contributed by atoms with Gasteiger partial charge in [-0.2, -0.15) is 0 Å². The standard InChI is InChI=1S/C10H15NO5/c1-2-13-10(12)8-5-7(11-16-8)6-9-14-3-4-15-9/h8-9H,2-6H2,1H3/t8-/m0/s1. The summed E-state index contributed by atoms with van der Waals surface area (Å²) >= 11 is 0. The monoisotopic (exact) mass is 229 g/mol. The highest BCUT2D eigenvalue weighted by atomic mass is 16.7. The van der Waals surface area contributed by atoms with Crippen LogP contribution in [-0.4, -0.2) is 43.9 Å². The molecule has 1 fully saturated rings. The average molecular weight is 229 g/mol. The van der Waals surface area contributed by atoms with Crippen LogP contribution in [0.25, 0.3) is 0 Å². The summed E-state index contributed by atoms with van der Waals surface area (Å²) < 4.78 is 15.4. The predicted molar refractivity (Wildman–Crippen MR) is 53.9 cm³/mol. The van der Waals surface area contributed by atoms with Crippen molar-refractivity contribution < 1.29 is 23.8 Å². The first-order valence-electron chi connectivity index (χ1n) is 5.41. The summed E-state index contributed by atoms with van der Waals surface area (Å²) in [5.74, 6) is -0.366. The van der Waals surface area contributed by atoms with Crippen molar-refractivity contribution in [1.82, 2.24) is 0 Å². The van der Waals surface area contributed by atoms with Crippen LogP contribution in [0.3, 0.4) is 0 Å². The Morgan fingerprint density at radius 3 is 2.94 bits per heavy atom. The molecule has 6 heteroatoms. The average Bonchev–Trinajstić information content (AvgIpc) is 2.90. The van der Waals surface area contributed by atoms with E-state index in [0.29, 0.717) is 32.7 Å². The molecule has 0 aromatic rings. The van der Waals surface area contributed by atoms with Gasteiger partial charge >= 0.3 is 5.97 Å². The third-order valence-corrected chi connectivity index (χ3v) is 2.37. The third-order valence-electron chi connectivity index (χ3n) is 2.37. The maximum absolute atomic E-state index is 11.3. The van der Waals surface area contributed by atoms with Crippen molar-refractivity contribution in [2.75, 3.05) is 19.8 Å². The first kappa shape index (κ1) is 11.3. The second-order valence-electron chi connectivity index (χ2n) is 3.58. The van der Waals surface area contributed by atoms with E-state index in [1.807, 2.05) is 0 Å². The van der Waals surface area contributed by atoms with Crippen LogP contribution in [-0.2, 0) is 23.8 Å². The summed E-state index contributed by atoms with van der Waals surface area (Å²) in [6.07, 6.45) is 0.164. The maximum atomic E-state index is 11.3. The molecule has 0 aromatic heterocycles. The molecular weight excluding hydrogens is 214 g/mol. The molecule has 0 amide bonds. The first-order chi connectivity index (χ1) is 7.79. The largest absolute Gasteiger partial charge is 0.463 e. The van der Waals surface area contributed by atoms with Crippen LogP contribution in [0.5, 0.6) is 0 Å². The summed E-state index contributed by atoms with van der Waals surface area (Å²) in [6, 6.07) is 0. The lowest BCUT2D eigenvalue weighted by atomic mass is 10.1. The Balaban J connectivity index is 1.75. The molecule has 2 aliphatic heterocycles. The molecule has 0 bridgehead atoms. The number of hydrogen-bond donors (Lipinski definition) is 0. The van der Waals surface area contributed by atoms with Gasteiger partial charge < -0.3 is 19.0 Å². The minimum atomic E-state index is -0.601. The van der Waals surface area contributed by atoms with E-state index in [0.717, 1.165) is 5.71 Å². The fraction of sp³-hybridized carbons (Fsp3) is 0.800. The van der Waals surface area contributed by atoms with Gasteiger partial charge in [0, 0.05) is 12.8 Å². The topological polar surface area (TPSA) is 66.4 Å². The zero-order valence-corrected chi connectivity index (χ0v) is 9.18. The molecule has 16 heavy (non-hydrogen) atoms. The summed E-state index contributed by atoms with van der Waals surface area (Å²) in [7, 11) is 0. The van der Waals surface area contributed by atoms with Crippen molar-refractivity contribution in [3.05, 3.63) is 0 Å². The predicted octanol–water partition coefficient (Wildman–Crippen LogP) is 0.457. The number of carbonyl (C=O) groups is 1. The third kappa shape index (κ3) is 2.70. The lowest BCUT2D eigenvalue weighted by Crippen LogP contribution is -2.24. The fourth-order valence-corrected chi connectivity index (χ4v) is 1.63. The second kappa shape index (κ2) is 5.27. The van der Waals surface area contributed by atoms with Gasteiger partial charge in [0.2, 0.25) is 6.10 Å². The van der Waals surface area contributed by atoms with Crippen molar-refractivity contribution in [2.45, 2.75) is 32.2 Å². The van der Waals surface area contributed by atoms with E-state index in [2.05, 4.69) is 5.16 Å². The Morgan fingerprint density at radius 2 is 2.25 bits per heavy atom. The Labute approximate surface area is 93.5 Å².